The molecule has 0 aromatic heterocycles. The minimum absolute atomic E-state index is 0.174. The van der Waals surface area contributed by atoms with Crippen molar-refractivity contribution in [3.05, 3.63) is 35.9 Å². The first-order chi connectivity index (χ1) is 9.33. The fourth-order valence-corrected chi connectivity index (χ4v) is 1.92. The van der Waals surface area contributed by atoms with E-state index in [1.165, 1.54) is 0 Å². The topological polar surface area (TPSA) is 47.6 Å². The summed E-state index contributed by atoms with van der Waals surface area (Å²) in [7, 11) is 0. The Bertz CT molecular complexity index is 411. The molecule has 0 heterocycles. The van der Waals surface area contributed by atoms with Gasteiger partial charge in [0.15, 0.2) is 0 Å². The summed E-state index contributed by atoms with van der Waals surface area (Å²) in [6, 6.07) is 9.69. The number of alkyl carbamates (subject to hydrolysis) is 1. The maximum Gasteiger partial charge on any atom is 0.407 e. The molecule has 1 aromatic rings. The van der Waals surface area contributed by atoms with Gasteiger partial charge in [-0.15, -0.1) is 0 Å². The van der Waals surface area contributed by atoms with Gasteiger partial charge in [-0.3, -0.25) is 0 Å². The molecule has 0 fully saturated rings. The van der Waals surface area contributed by atoms with Gasteiger partial charge in [-0.05, 0) is 40.2 Å². The Morgan fingerprint density at radius 2 is 1.85 bits per heavy atom. The molecule has 0 unspecified atom stereocenters. The summed E-state index contributed by atoms with van der Waals surface area (Å²) < 4.78 is 11.0. The van der Waals surface area contributed by atoms with Crippen molar-refractivity contribution in [3.8, 4) is 0 Å². The molecule has 4 nitrogen and oxygen atoms in total. The average Bonchev–Trinajstić information content (AvgIpc) is 2.34. The van der Waals surface area contributed by atoms with Crippen molar-refractivity contribution in [2.45, 2.75) is 52.4 Å². The standard InChI is InChI=1S/C16H25NO3/c1-6-19-14(13-10-8-7-9-11-13)12(2)17-15(18)20-16(3,4)5/h7-12,14H,6H2,1-5H3,(H,17,18)/t12-,14-/m0/s1. The maximum atomic E-state index is 11.8. The summed E-state index contributed by atoms with van der Waals surface area (Å²) in [5.41, 5.74) is 0.537. The number of hydrogen-bond acceptors (Lipinski definition) is 3. The van der Waals surface area contributed by atoms with Crippen molar-refractivity contribution in [1.82, 2.24) is 5.32 Å². The van der Waals surface area contributed by atoms with Gasteiger partial charge in [-0.2, -0.15) is 0 Å². The van der Waals surface area contributed by atoms with Crippen molar-refractivity contribution in [1.29, 1.82) is 0 Å². The van der Waals surface area contributed by atoms with Gasteiger partial charge in [-0.25, -0.2) is 4.79 Å². The van der Waals surface area contributed by atoms with Crippen LogP contribution in [0.4, 0.5) is 4.79 Å². The lowest BCUT2D eigenvalue weighted by atomic mass is 10.0. The lowest BCUT2D eigenvalue weighted by molar-refractivity contribution is 0.0216. The number of ether oxygens (including phenoxy) is 2. The predicted molar refractivity (Wildman–Crippen MR) is 79.6 cm³/mol. The van der Waals surface area contributed by atoms with E-state index in [4.69, 9.17) is 9.47 Å². The zero-order valence-electron chi connectivity index (χ0n) is 13.0. The average molecular weight is 279 g/mol. The number of hydrogen-bond donors (Lipinski definition) is 1. The van der Waals surface area contributed by atoms with Crippen LogP contribution in [0.5, 0.6) is 0 Å². The molecule has 1 N–H and O–H groups in total. The third-order valence-corrected chi connectivity index (χ3v) is 2.67. The summed E-state index contributed by atoms with van der Waals surface area (Å²) in [5.74, 6) is 0. The number of rotatable bonds is 5. The van der Waals surface area contributed by atoms with E-state index in [9.17, 15) is 4.79 Å². The second kappa shape index (κ2) is 7.29. The molecule has 1 amide bonds. The SMILES string of the molecule is CCO[C@H](c1ccccc1)[C@H](C)NC(=O)OC(C)(C)C. The van der Waals surface area contributed by atoms with Gasteiger partial charge >= 0.3 is 6.09 Å². The lowest BCUT2D eigenvalue weighted by Gasteiger charge is -2.27. The van der Waals surface area contributed by atoms with Crippen molar-refractivity contribution in [3.63, 3.8) is 0 Å². The van der Waals surface area contributed by atoms with E-state index >= 15 is 0 Å². The van der Waals surface area contributed by atoms with Crippen LogP contribution in [0.25, 0.3) is 0 Å². The molecule has 0 radical (unpaired) electrons. The van der Waals surface area contributed by atoms with Crippen LogP contribution in [0.1, 0.15) is 46.3 Å². The van der Waals surface area contributed by atoms with Gasteiger partial charge in [0.1, 0.15) is 11.7 Å². The van der Waals surface area contributed by atoms with E-state index < -0.39 is 11.7 Å². The van der Waals surface area contributed by atoms with Gasteiger partial charge < -0.3 is 14.8 Å². The van der Waals surface area contributed by atoms with Gasteiger partial charge in [0.25, 0.3) is 0 Å². The number of carbonyl (C=O) groups excluding carboxylic acids is 1. The Morgan fingerprint density at radius 3 is 2.35 bits per heavy atom. The highest BCUT2D eigenvalue weighted by molar-refractivity contribution is 5.68. The van der Waals surface area contributed by atoms with E-state index in [0.717, 1.165) is 5.56 Å². The van der Waals surface area contributed by atoms with Crippen LogP contribution in [-0.4, -0.2) is 24.3 Å². The van der Waals surface area contributed by atoms with E-state index in [0.29, 0.717) is 6.61 Å². The Labute approximate surface area is 121 Å². The van der Waals surface area contributed by atoms with E-state index in [1.807, 2.05) is 65.0 Å². The van der Waals surface area contributed by atoms with Gasteiger partial charge in [0.2, 0.25) is 0 Å². The highest BCUT2D eigenvalue weighted by Crippen LogP contribution is 2.21. The normalized spacial score (nSPS) is 14.4. The number of amides is 1. The summed E-state index contributed by atoms with van der Waals surface area (Å²) in [6.45, 7) is 9.96. The fourth-order valence-electron chi connectivity index (χ4n) is 1.92. The largest absolute Gasteiger partial charge is 0.444 e. The lowest BCUT2D eigenvalue weighted by Crippen LogP contribution is -2.41. The molecule has 0 spiro atoms. The van der Waals surface area contributed by atoms with Crippen LogP contribution >= 0.6 is 0 Å². The van der Waals surface area contributed by atoms with Gasteiger partial charge in [0.05, 0.1) is 6.04 Å². The maximum absolute atomic E-state index is 11.8. The molecule has 0 aliphatic rings. The first-order valence-electron chi connectivity index (χ1n) is 6.99. The molecular weight excluding hydrogens is 254 g/mol. The van der Waals surface area contributed by atoms with Gasteiger partial charge in [0, 0.05) is 6.61 Å². The first-order valence-corrected chi connectivity index (χ1v) is 6.99. The van der Waals surface area contributed by atoms with E-state index in [-0.39, 0.29) is 12.1 Å². The molecule has 0 saturated carbocycles. The quantitative estimate of drug-likeness (QED) is 0.894. The number of nitrogens with one attached hydrogen (secondary N) is 1. The van der Waals surface area contributed by atoms with Crippen molar-refractivity contribution >= 4 is 6.09 Å². The van der Waals surface area contributed by atoms with E-state index in [1.54, 1.807) is 0 Å². The zero-order chi connectivity index (χ0) is 15.2. The molecule has 112 valence electrons. The number of benzene rings is 1. The Hall–Kier alpha value is -1.55. The number of carbonyl (C=O) groups is 1. The molecule has 0 aliphatic carbocycles. The summed E-state index contributed by atoms with van der Waals surface area (Å²) in [4.78, 5) is 11.8. The minimum atomic E-state index is -0.502. The monoisotopic (exact) mass is 279 g/mol. The molecular formula is C16H25NO3. The molecule has 0 saturated heterocycles. The zero-order valence-corrected chi connectivity index (χ0v) is 13.0. The molecule has 0 bridgehead atoms. The first kappa shape index (κ1) is 16.5. The smallest absolute Gasteiger partial charge is 0.407 e. The molecule has 1 rings (SSSR count). The van der Waals surface area contributed by atoms with Crippen molar-refractivity contribution in [2.24, 2.45) is 0 Å². The summed E-state index contributed by atoms with van der Waals surface area (Å²) >= 11 is 0. The van der Waals surface area contributed by atoms with Crippen molar-refractivity contribution < 1.29 is 14.3 Å². The predicted octanol–water partition coefficient (Wildman–Crippen LogP) is 3.68. The Balaban J connectivity index is 2.70. The van der Waals surface area contributed by atoms with Crippen LogP contribution in [0.2, 0.25) is 0 Å². The fraction of sp³-hybridized carbons (Fsp3) is 0.562. The summed E-state index contributed by atoms with van der Waals surface area (Å²) in [6.07, 6.45) is -0.612. The minimum Gasteiger partial charge on any atom is -0.444 e. The highest BCUT2D eigenvalue weighted by Gasteiger charge is 2.24. The molecule has 20 heavy (non-hydrogen) atoms. The van der Waals surface area contributed by atoms with Crippen LogP contribution in [0.3, 0.4) is 0 Å². The van der Waals surface area contributed by atoms with Gasteiger partial charge in [-0.1, -0.05) is 30.3 Å². The summed E-state index contributed by atoms with van der Waals surface area (Å²) in [5, 5.41) is 2.83. The second-order valence-corrected chi connectivity index (χ2v) is 5.72. The van der Waals surface area contributed by atoms with Crippen molar-refractivity contribution in [2.75, 3.05) is 6.61 Å². The molecule has 1 aromatic carbocycles. The highest BCUT2D eigenvalue weighted by atomic mass is 16.6. The molecule has 0 aliphatic heterocycles. The molecule has 4 heteroatoms. The van der Waals surface area contributed by atoms with Crippen LogP contribution in [0, 0.1) is 0 Å². The van der Waals surface area contributed by atoms with Crippen LogP contribution in [-0.2, 0) is 9.47 Å². The van der Waals surface area contributed by atoms with Crippen LogP contribution < -0.4 is 5.32 Å². The Morgan fingerprint density at radius 1 is 1.25 bits per heavy atom. The second-order valence-electron chi connectivity index (χ2n) is 5.72. The third-order valence-electron chi connectivity index (χ3n) is 2.67. The third kappa shape index (κ3) is 5.61. The van der Waals surface area contributed by atoms with Crippen LogP contribution in [0.15, 0.2) is 30.3 Å². The Kier molecular flexibility index (Phi) is 6.02. The molecule has 2 atom stereocenters. The van der Waals surface area contributed by atoms with E-state index in [2.05, 4.69) is 5.32 Å².